The molecule has 0 aliphatic heterocycles. The van der Waals surface area contributed by atoms with Crippen LogP contribution in [0, 0.1) is 13.8 Å². The van der Waals surface area contributed by atoms with E-state index in [2.05, 4.69) is 0 Å². The average molecular weight is 188 g/mol. The van der Waals surface area contributed by atoms with Crippen LogP contribution in [-0.4, -0.2) is 10.2 Å². The summed E-state index contributed by atoms with van der Waals surface area (Å²) in [4.78, 5) is 0. The molecule has 0 spiro atoms. The third-order valence-electron chi connectivity index (χ3n) is 2.58. The van der Waals surface area contributed by atoms with E-state index in [0.29, 0.717) is 5.75 Å². The fraction of sp³-hybridized carbons (Fsp3) is 0.167. The summed E-state index contributed by atoms with van der Waals surface area (Å²) in [7, 11) is 0. The Balaban J connectivity index is 2.98. The van der Waals surface area contributed by atoms with Crippen molar-refractivity contribution in [3.8, 4) is 11.5 Å². The van der Waals surface area contributed by atoms with Gasteiger partial charge in [-0.05, 0) is 42.5 Å². The van der Waals surface area contributed by atoms with Crippen molar-refractivity contribution in [1.29, 1.82) is 0 Å². The number of hydrogen-bond acceptors (Lipinski definition) is 2. The number of benzene rings is 2. The van der Waals surface area contributed by atoms with Gasteiger partial charge < -0.3 is 10.2 Å². The second-order valence-electron chi connectivity index (χ2n) is 3.54. The molecule has 2 nitrogen and oxygen atoms in total. The molecule has 0 bridgehead atoms. The summed E-state index contributed by atoms with van der Waals surface area (Å²) in [6.07, 6.45) is 0. The van der Waals surface area contributed by atoms with Crippen molar-refractivity contribution in [2.24, 2.45) is 0 Å². The molecule has 2 aromatic rings. The monoisotopic (exact) mass is 188 g/mol. The number of aromatic hydroxyl groups is 2. The van der Waals surface area contributed by atoms with Crippen molar-refractivity contribution in [2.75, 3.05) is 0 Å². The van der Waals surface area contributed by atoms with Gasteiger partial charge in [-0.1, -0.05) is 12.1 Å². The van der Waals surface area contributed by atoms with Crippen molar-refractivity contribution in [3.05, 3.63) is 35.4 Å². The van der Waals surface area contributed by atoms with E-state index in [1.807, 2.05) is 19.9 Å². The lowest BCUT2D eigenvalue weighted by Gasteiger charge is -2.08. The van der Waals surface area contributed by atoms with Crippen LogP contribution in [0.25, 0.3) is 10.8 Å². The second-order valence-corrected chi connectivity index (χ2v) is 3.54. The minimum atomic E-state index is 0.258. The minimum Gasteiger partial charge on any atom is -0.507 e. The number of phenols is 2. The molecule has 72 valence electrons. The number of hydrogen-bond donors (Lipinski definition) is 2. The number of aryl methyl sites for hydroxylation is 2. The number of phenolic OH excluding ortho intramolecular Hbond substituents is 2. The summed E-state index contributed by atoms with van der Waals surface area (Å²) < 4.78 is 0. The van der Waals surface area contributed by atoms with Crippen LogP contribution < -0.4 is 0 Å². The second kappa shape index (κ2) is 2.91. The number of rotatable bonds is 0. The highest BCUT2D eigenvalue weighted by Gasteiger charge is 2.08. The van der Waals surface area contributed by atoms with Crippen LogP contribution in [0.15, 0.2) is 24.3 Å². The lowest BCUT2D eigenvalue weighted by atomic mass is 10.0. The maximum Gasteiger partial charge on any atom is 0.123 e. The maximum atomic E-state index is 9.71. The van der Waals surface area contributed by atoms with Crippen LogP contribution in [0.4, 0.5) is 0 Å². The summed E-state index contributed by atoms with van der Waals surface area (Å²) in [5.74, 6) is 0.566. The predicted octanol–water partition coefficient (Wildman–Crippen LogP) is 2.87. The zero-order valence-electron chi connectivity index (χ0n) is 8.20. The number of fused-ring (bicyclic) bond motifs is 1. The van der Waals surface area contributed by atoms with Crippen LogP contribution in [0.3, 0.4) is 0 Å². The predicted molar refractivity (Wildman–Crippen MR) is 56.8 cm³/mol. The summed E-state index contributed by atoms with van der Waals surface area (Å²) in [6.45, 7) is 3.68. The molecule has 0 fully saturated rings. The Labute approximate surface area is 82.4 Å². The minimum absolute atomic E-state index is 0.258. The molecule has 0 saturated heterocycles. The molecular weight excluding hydrogens is 176 g/mol. The van der Waals surface area contributed by atoms with Crippen LogP contribution in [-0.2, 0) is 0 Å². The Morgan fingerprint density at radius 2 is 1.71 bits per heavy atom. The van der Waals surface area contributed by atoms with Crippen molar-refractivity contribution < 1.29 is 10.2 Å². The van der Waals surface area contributed by atoms with Gasteiger partial charge in [0.25, 0.3) is 0 Å². The van der Waals surface area contributed by atoms with Crippen LogP contribution in [0.1, 0.15) is 11.1 Å². The third kappa shape index (κ3) is 1.11. The van der Waals surface area contributed by atoms with Crippen molar-refractivity contribution >= 4 is 10.8 Å². The quantitative estimate of drug-likeness (QED) is 0.667. The van der Waals surface area contributed by atoms with E-state index in [0.717, 1.165) is 21.9 Å². The molecule has 2 heteroatoms. The first-order valence-electron chi connectivity index (χ1n) is 4.52. The van der Waals surface area contributed by atoms with E-state index in [4.69, 9.17) is 0 Å². The SMILES string of the molecule is Cc1cc2c(O)cccc2c(C)c1O. The van der Waals surface area contributed by atoms with Gasteiger partial charge in [0.15, 0.2) is 0 Å². The highest BCUT2D eigenvalue weighted by Crippen LogP contribution is 2.34. The van der Waals surface area contributed by atoms with Gasteiger partial charge in [-0.25, -0.2) is 0 Å². The Hall–Kier alpha value is -1.70. The molecule has 0 saturated carbocycles. The maximum absolute atomic E-state index is 9.71. The van der Waals surface area contributed by atoms with Gasteiger partial charge in [-0.2, -0.15) is 0 Å². The molecule has 2 rings (SSSR count). The first-order chi connectivity index (χ1) is 6.61. The third-order valence-corrected chi connectivity index (χ3v) is 2.58. The zero-order chi connectivity index (χ0) is 10.3. The Bertz CT molecular complexity index is 501. The molecule has 14 heavy (non-hydrogen) atoms. The molecule has 0 atom stereocenters. The van der Waals surface area contributed by atoms with Gasteiger partial charge in [0.1, 0.15) is 11.5 Å². The molecule has 0 radical (unpaired) electrons. The summed E-state index contributed by atoms with van der Waals surface area (Å²) in [5.41, 5.74) is 1.60. The first kappa shape index (κ1) is 8.88. The Kier molecular flexibility index (Phi) is 1.84. The lowest BCUT2D eigenvalue weighted by molar-refractivity contribution is 0.467. The van der Waals surface area contributed by atoms with Gasteiger partial charge >= 0.3 is 0 Å². The van der Waals surface area contributed by atoms with Crippen LogP contribution in [0.5, 0.6) is 11.5 Å². The normalized spacial score (nSPS) is 10.7. The van der Waals surface area contributed by atoms with Gasteiger partial charge in [-0.3, -0.25) is 0 Å². The van der Waals surface area contributed by atoms with Crippen molar-refractivity contribution in [2.45, 2.75) is 13.8 Å². The summed E-state index contributed by atoms with van der Waals surface area (Å²) in [6, 6.07) is 7.12. The lowest BCUT2D eigenvalue weighted by Crippen LogP contribution is -1.84. The van der Waals surface area contributed by atoms with E-state index < -0.39 is 0 Å². The topological polar surface area (TPSA) is 40.5 Å². The van der Waals surface area contributed by atoms with Crippen molar-refractivity contribution in [3.63, 3.8) is 0 Å². The molecule has 2 N–H and O–H groups in total. The van der Waals surface area contributed by atoms with Gasteiger partial charge in [-0.15, -0.1) is 0 Å². The smallest absolute Gasteiger partial charge is 0.123 e. The summed E-state index contributed by atoms with van der Waals surface area (Å²) >= 11 is 0. The average Bonchev–Trinajstić information content (AvgIpc) is 2.17. The van der Waals surface area contributed by atoms with Gasteiger partial charge in [0.05, 0.1) is 0 Å². The van der Waals surface area contributed by atoms with E-state index in [-0.39, 0.29) is 5.75 Å². The Morgan fingerprint density at radius 3 is 2.43 bits per heavy atom. The molecule has 0 unspecified atom stereocenters. The standard InChI is InChI=1S/C12H12O2/c1-7-6-10-9(8(2)12(7)14)4-3-5-11(10)13/h3-6,13-14H,1-2H3. The molecule has 2 aromatic carbocycles. The molecule has 0 aromatic heterocycles. The summed E-state index contributed by atoms with van der Waals surface area (Å²) in [5, 5.41) is 21.0. The Morgan fingerprint density at radius 1 is 1.00 bits per heavy atom. The van der Waals surface area contributed by atoms with E-state index in [9.17, 15) is 10.2 Å². The fourth-order valence-corrected chi connectivity index (χ4v) is 1.74. The van der Waals surface area contributed by atoms with E-state index in [1.54, 1.807) is 18.2 Å². The zero-order valence-corrected chi connectivity index (χ0v) is 8.20. The van der Waals surface area contributed by atoms with Gasteiger partial charge in [0.2, 0.25) is 0 Å². The van der Waals surface area contributed by atoms with Crippen LogP contribution >= 0.6 is 0 Å². The highest BCUT2D eigenvalue weighted by atomic mass is 16.3. The molecule has 0 heterocycles. The molecule has 0 amide bonds. The highest BCUT2D eigenvalue weighted by molar-refractivity contribution is 5.92. The van der Waals surface area contributed by atoms with Gasteiger partial charge in [0, 0.05) is 5.39 Å². The van der Waals surface area contributed by atoms with Crippen LogP contribution in [0.2, 0.25) is 0 Å². The largest absolute Gasteiger partial charge is 0.507 e. The van der Waals surface area contributed by atoms with E-state index >= 15 is 0 Å². The molecule has 0 aliphatic rings. The fourth-order valence-electron chi connectivity index (χ4n) is 1.74. The molecule has 0 aliphatic carbocycles. The van der Waals surface area contributed by atoms with E-state index in [1.165, 1.54) is 0 Å². The molecular formula is C12H12O2. The first-order valence-corrected chi connectivity index (χ1v) is 4.52. The van der Waals surface area contributed by atoms with Crippen molar-refractivity contribution in [1.82, 2.24) is 0 Å².